The molecule has 0 saturated carbocycles. The smallest absolute Gasteiger partial charge is 0.174 e. The van der Waals surface area contributed by atoms with Crippen molar-refractivity contribution in [3.05, 3.63) is 82.4 Å². The van der Waals surface area contributed by atoms with Gasteiger partial charge in [0.25, 0.3) is 0 Å². The number of anilines is 1. The van der Waals surface area contributed by atoms with Crippen molar-refractivity contribution in [2.24, 2.45) is 7.05 Å². The van der Waals surface area contributed by atoms with Crippen LogP contribution in [0.4, 0.5) is 5.69 Å². The van der Waals surface area contributed by atoms with Gasteiger partial charge in [-0.3, -0.25) is 4.98 Å². The summed E-state index contributed by atoms with van der Waals surface area (Å²) in [4.78, 5) is 6.77. The molecule has 0 radical (unpaired) electrons. The van der Waals surface area contributed by atoms with E-state index in [1.54, 1.807) is 0 Å². The van der Waals surface area contributed by atoms with Crippen molar-refractivity contribution in [2.45, 2.75) is 25.9 Å². The normalized spacial score (nSPS) is 19.4. The third kappa shape index (κ3) is 3.11. The summed E-state index contributed by atoms with van der Waals surface area (Å²) in [6.45, 7) is 4.28. The highest BCUT2D eigenvalue weighted by Crippen LogP contribution is 2.43. The molecule has 0 aliphatic carbocycles. The maximum absolute atomic E-state index is 6.10. The lowest BCUT2D eigenvalue weighted by molar-refractivity contribution is 0.564. The van der Waals surface area contributed by atoms with Crippen molar-refractivity contribution < 1.29 is 0 Å². The lowest BCUT2D eigenvalue weighted by Gasteiger charge is -2.28. The van der Waals surface area contributed by atoms with Crippen LogP contribution in [-0.2, 0) is 7.05 Å². The van der Waals surface area contributed by atoms with Crippen LogP contribution in [0, 0.1) is 13.8 Å². The predicted molar refractivity (Wildman–Crippen MR) is 114 cm³/mol. The summed E-state index contributed by atoms with van der Waals surface area (Å²) in [6, 6.07) is 16.0. The number of halogens is 1. The summed E-state index contributed by atoms with van der Waals surface area (Å²) in [5.74, 6) is 0. The first-order valence-corrected chi connectivity index (χ1v) is 9.65. The highest BCUT2D eigenvalue weighted by atomic mass is 35.5. The molecule has 138 valence electrons. The molecule has 6 heteroatoms. The van der Waals surface area contributed by atoms with E-state index < -0.39 is 0 Å². The summed E-state index contributed by atoms with van der Waals surface area (Å²) < 4.78 is 2.21. The van der Waals surface area contributed by atoms with Crippen LogP contribution in [0.5, 0.6) is 0 Å². The molecule has 1 aromatic carbocycles. The molecule has 3 aromatic rings. The van der Waals surface area contributed by atoms with E-state index in [4.69, 9.17) is 23.8 Å². The van der Waals surface area contributed by atoms with E-state index in [1.165, 1.54) is 17.0 Å². The number of pyridine rings is 1. The predicted octanol–water partition coefficient (Wildman–Crippen LogP) is 4.87. The number of hydrogen-bond donors (Lipinski definition) is 1. The lowest BCUT2D eigenvalue weighted by Crippen LogP contribution is -2.29. The van der Waals surface area contributed by atoms with Crippen LogP contribution in [0.15, 0.2) is 54.7 Å². The highest BCUT2D eigenvalue weighted by molar-refractivity contribution is 7.80. The van der Waals surface area contributed by atoms with Crippen LogP contribution in [0.1, 0.15) is 34.7 Å². The number of nitrogens with one attached hydrogen (secondary N) is 1. The molecule has 1 N–H and O–H groups in total. The lowest BCUT2D eigenvalue weighted by atomic mass is 9.96. The van der Waals surface area contributed by atoms with Gasteiger partial charge in [0.1, 0.15) is 0 Å². The number of thiocarbonyl (C=S) groups is 1. The van der Waals surface area contributed by atoms with Gasteiger partial charge >= 0.3 is 0 Å². The monoisotopic (exact) mass is 396 g/mol. The molecule has 2 unspecified atom stereocenters. The SMILES string of the molecule is Cc1cc(C2C(c3ccccn3)NC(=S)N2c2ccc(Cl)cc2)c(C)n1C. The van der Waals surface area contributed by atoms with Gasteiger partial charge < -0.3 is 14.8 Å². The van der Waals surface area contributed by atoms with E-state index in [9.17, 15) is 0 Å². The Morgan fingerprint density at radius 3 is 2.44 bits per heavy atom. The first-order chi connectivity index (χ1) is 13.0. The number of rotatable bonds is 3. The first-order valence-electron chi connectivity index (χ1n) is 8.86. The van der Waals surface area contributed by atoms with Crippen LogP contribution in [-0.4, -0.2) is 14.7 Å². The zero-order chi connectivity index (χ0) is 19.1. The average molecular weight is 397 g/mol. The van der Waals surface area contributed by atoms with Gasteiger partial charge in [0.05, 0.1) is 17.8 Å². The van der Waals surface area contributed by atoms with Crippen LogP contribution < -0.4 is 10.2 Å². The van der Waals surface area contributed by atoms with Crippen molar-refractivity contribution in [3.63, 3.8) is 0 Å². The third-order valence-electron chi connectivity index (χ3n) is 5.34. The summed E-state index contributed by atoms with van der Waals surface area (Å²) in [5.41, 5.74) is 5.68. The Balaban J connectivity index is 1.87. The topological polar surface area (TPSA) is 33.1 Å². The van der Waals surface area contributed by atoms with Crippen molar-refractivity contribution in [1.82, 2.24) is 14.9 Å². The molecular formula is C21H21ClN4S. The average Bonchev–Trinajstić information content (AvgIpc) is 3.14. The molecular weight excluding hydrogens is 376 g/mol. The Labute approximate surface area is 169 Å². The maximum atomic E-state index is 6.10. The molecule has 1 saturated heterocycles. The Hall–Kier alpha value is -2.37. The molecule has 2 aromatic heterocycles. The van der Waals surface area contributed by atoms with Crippen LogP contribution in [0.3, 0.4) is 0 Å². The minimum absolute atomic E-state index is 0.00785. The fraction of sp³-hybridized carbons (Fsp3) is 0.238. The molecule has 1 aliphatic heterocycles. The van der Waals surface area contributed by atoms with Gasteiger partial charge in [-0.1, -0.05) is 17.7 Å². The molecule has 4 rings (SSSR count). The second kappa shape index (κ2) is 6.98. The second-order valence-corrected chi connectivity index (χ2v) is 7.68. The standard InChI is InChI=1S/C21H21ClN4S/c1-13-12-17(14(2)25(13)3)20-19(18-6-4-5-11-23-18)24-21(27)26(20)16-9-7-15(22)8-10-16/h4-12,19-20H,1-3H3,(H,24,27). The van der Waals surface area contributed by atoms with Crippen LogP contribution in [0.25, 0.3) is 0 Å². The molecule has 0 amide bonds. The summed E-state index contributed by atoms with van der Waals surface area (Å²) >= 11 is 11.8. The zero-order valence-corrected chi connectivity index (χ0v) is 17.1. The van der Waals surface area contributed by atoms with E-state index in [1.807, 2.05) is 48.7 Å². The van der Waals surface area contributed by atoms with Gasteiger partial charge in [0, 0.05) is 35.3 Å². The number of aryl methyl sites for hydroxylation is 1. The Morgan fingerprint density at radius 2 is 1.85 bits per heavy atom. The van der Waals surface area contributed by atoms with E-state index >= 15 is 0 Å². The van der Waals surface area contributed by atoms with Crippen LogP contribution >= 0.6 is 23.8 Å². The van der Waals surface area contributed by atoms with Crippen molar-refractivity contribution in [1.29, 1.82) is 0 Å². The van der Waals surface area contributed by atoms with Gasteiger partial charge in [-0.05, 0) is 74.1 Å². The van der Waals surface area contributed by atoms with Gasteiger partial charge in [0.15, 0.2) is 5.11 Å². The van der Waals surface area contributed by atoms with Gasteiger partial charge in [0.2, 0.25) is 0 Å². The van der Waals surface area contributed by atoms with Gasteiger partial charge in [-0.15, -0.1) is 0 Å². The summed E-state index contributed by atoms with van der Waals surface area (Å²) in [6.07, 6.45) is 1.82. The van der Waals surface area contributed by atoms with E-state index in [0.29, 0.717) is 10.1 Å². The van der Waals surface area contributed by atoms with Gasteiger partial charge in [-0.25, -0.2) is 0 Å². The molecule has 1 fully saturated rings. The number of nitrogens with zero attached hydrogens (tertiary/aromatic N) is 3. The molecule has 2 atom stereocenters. The van der Waals surface area contributed by atoms with Crippen molar-refractivity contribution in [3.8, 4) is 0 Å². The Kier molecular flexibility index (Phi) is 4.66. The third-order valence-corrected chi connectivity index (χ3v) is 5.90. The quantitative estimate of drug-likeness (QED) is 0.640. The maximum Gasteiger partial charge on any atom is 0.174 e. The van der Waals surface area contributed by atoms with Crippen molar-refractivity contribution in [2.75, 3.05) is 4.90 Å². The fourth-order valence-electron chi connectivity index (χ4n) is 3.73. The molecule has 27 heavy (non-hydrogen) atoms. The number of benzene rings is 1. The Morgan fingerprint density at radius 1 is 1.11 bits per heavy atom. The number of hydrogen-bond acceptors (Lipinski definition) is 2. The minimum Gasteiger partial charge on any atom is -0.352 e. The Bertz CT molecular complexity index is 981. The minimum atomic E-state index is -0.0325. The largest absolute Gasteiger partial charge is 0.352 e. The number of aromatic nitrogens is 2. The van der Waals surface area contributed by atoms with Gasteiger partial charge in [-0.2, -0.15) is 0 Å². The first kappa shape index (κ1) is 18.0. The molecule has 0 bridgehead atoms. The second-order valence-electron chi connectivity index (χ2n) is 6.86. The molecule has 3 heterocycles. The molecule has 1 aliphatic rings. The summed E-state index contributed by atoms with van der Waals surface area (Å²) in [5, 5.41) is 4.89. The zero-order valence-electron chi connectivity index (χ0n) is 15.5. The van der Waals surface area contributed by atoms with Crippen LogP contribution in [0.2, 0.25) is 5.02 Å². The molecule has 4 nitrogen and oxygen atoms in total. The highest BCUT2D eigenvalue weighted by Gasteiger charge is 2.42. The van der Waals surface area contributed by atoms with E-state index in [0.717, 1.165) is 11.4 Å². The van der Waals surface area contributed by atoms with E-state index in [-0.39, 0.29) is 12.1 Å². The molecule has 0 spiro atoms. The van der Waals surface area contributed by atoms with Crippen molar-refractivity contribution >= 4 is 34.6 Å². The summed E-state index contributed by atoms with van der Waals surface area (Å²) in [7, 11) is 2.09. The fourth-order valence-corrected chi connectivity index (χ4v) is 4.21. The van der Waals surface area contributed by atoms with E-state index in [2.05, 4.69) is 46.7 Å².